The van der Waals surface area contributed by atoms with E-state index in [1.807, 2.05) is 0 Å². The molecule has 0 aliphatic heterocycles. The molecular formula is C18H20F3N3O3. The summed E-state index contributed by atoms with van der Waals surface area (Å²) in [4.78, 5) is 27.2. The van der Waals surface area contributed by atoms with Crippen molar-refractivity contribution < 1.29 is 27.9 Å². The van der Waals surface area contributed by atoms with E-state index < -0.39 is 36.0 Å². The molecule has 1 aromatic heterocycles. The molecular weight excluding hydrogens is 363 g/mol. The SMILES string of the molecule is C/C=C/CC(NC(=O)c1ccc2c(c1)nc(C(F)(F)F)n2C(C)C)C(=O)O. The third-order valence-electron chi connectivity index (χ3n) is 3.93. The number of nitrogens with zero attached hydrogens (tertiary/aromatic N) is 2. The van der Waals surface area contributed by atoms with Crippen molar-refractivity contribution in [3.8, 4) is 0 Å². The molecule has 0 spiro atoms. The second kappa shape index (κ2) is 7.81. The second-order valence-electron chi connectivity index (χ2n) is 6.27. The number of carboxylic acids is 1. The van der Waals surface area contributed by atoms with Gasteiger partial charge in [0.2, 0.25) is 5.82 Å². The predicted molar refractivity (Wildman–Crippen MR) is 93.4 cm³/mol. The quantitative estimate of drug-likeness (QED) is 0.744. The minimum Gasteiger partial charge on any atom is -0.480 e. The average molecular weight is 383 g/mol. The fraction of sp³-hybridized carbons (Fsp3) is 0.389. The van der Waals surface area contributed by atoms with Gasteiger partial charge < -0.3 is 15.0 Å². The van der Waals surface area contributed by atoms with Gasteiger partial charge in [0, 0.05) is 11.6 Å². The number of fused-ring (bicyclic) bond motifs is 1. The Bertz CT molecular complexity index is 885. The number of hydrogen-bond acceptors (Lipinski definition) is 3. The minimum atomic E-state index is -4.63. The predicted octanol–water partition coefficient (Wildman–Crippen LogP) is 3.79. The Hall–Kier alpha value is -2.84. The molecule has 0 bridgehead atoms. The molecule has 2 aromatic rings. The van der Waals surface area contributed by atoms with Gasteiger partial charge in [-0.05, 0) is 45.4 Å². The first kappa shape index (κ1) is 20.5. The molecule has 27 heavy (non-hydrogen) atoms. The van der Waals surface area contributed by atoms with E-state index in [0.717, 1.165) is 4.57 Å². The van der Waals surface area contributed by atoms with E-state index >= 15 is 0 Å². The molecule has 1 atom stereocenters. The van der Waals surface area contributed by atoms with Gasteiger partial charge in [0.15, 0.2) is 0 Å². The average Bonchev–Trinajstić information content (AvgIpc) is 2.97. The van der Waals surface area contributed by atoms with Crippen LogP contribution >= 0.6 is 0 Å². The topological polar surface area (TPSA) is 84.2 Å². The van der Waals surface area contributed by atoms with Crippen molar-refractivity contribution >= 4 is 22.9 Å². The first-order valence-corrected chi connectivity index (χ1v) is 8.30. The second-order valence-corrected chi connectivity index (χ2v) is 6.27. The zero-order valence-electron chi connectivity index (χ0n) is 15.0. The monoisotopic (exact) mass is 383 g/mol. The number of alkyl halides is 3. The zero-order chi connectivity index (χ0) is 20.4. The summed E-state index contributed by atoms with van der Waals surface area (Å²) in [6.45, 7) is 4.93. The Labute approximate surface area is 153 Å². The van der Waals surface area contributed by atoms with E-state index in [1.165, 1.54) is 18.2 Å². The number of allylic oxidation sites excluding steroid dienone is 1. The number of benzene rings is 1. The summed E-state index contributed by atoms with van der Waals surface area (Å²) in [5.74, 6) is -2.94. The van der Waals surface area contributed by atoms with Crippen LogP contribution in [0.3, 0.4) is 0 Å². The summed E-state index contributed by atoms with van der Waals surface area (Å²) in [5.41, 5.74) is 0.304. The van der Waals surface area contributed by atoms with E-state index in [2.05, 4.69) is 10.3 Å². The highest BCUT2D eigenvalue weighted by atomic mass is 19.4. The molecule has 2 N–H and O–H groups in total. The molecule has 2 rings (SSSR count). The van der Waals surface area contributed by atoms with E-state index in [0.29, 0.717) is 0 Å². The van der Waals surface area contributed by atoms with Crippen molar-refractivity contribution in [3.05, 3.63) is 41.7 Å². The number of imidazole rings is 1. The lowest BCUT2D eigenvalue weighted by Crippen LogP contribution is -2.40. The highest BCUT2D eigenvalue weighted by Crippen LogP contribution is 2.33. The van der Waals surface area contributed by atoms with Gasteiger partial charge >= 0.3 is 12.1 Å². The maximum atomic E-state index is 13.3. The summed E-state index contributed by atoms with van der Waals surface area (Å²) in [7, 11) is 0. The lowest BCUT2D eigenvalue weighted by atomic mass is 10.1. The molecule has 9 heteroatoms. The van der Waals surface area contributed by atoms with Crippen molar-refractivity contribution in [2.24, 2.45) is 0 Å². The number of carbonyl (C=O) groups excluding carboxylic acids is 1. The van der Waals surface area contributed by atoms with Crippen molar-refractivity contribution in [3.63, 3.8) is 0 Å². The van der Waals surface area contributed by atoms with Crippen LogP contribution in [0.5, 0.6) is 0 Å². The molecule has 1 aromatic carbocycles. The smallest absolute Gasteiger partial charge is 0.449 e. The summed E-state index contributed by atoms with van der Waals surface area (Å²) in [6, 6.07) is 2.35. The lowest BCUT2D eigenvalue weighted by molar-refractivity contribution is -0.147. The highest BCUT2D eigenvalue weighted by molar-refractivity contribution is 5.99. The molecule has 0 aliphatic rings. The molecule has 146 valence electrons. The maximum Gasteiger partial charge on any atom is 0.449 e. The summed E-state index contributed by atoms with van der Waals surface area (Å²) >= 11 is 0. The first-order valence-electron chi connectivity index (χ1n) is 8.30. The number of aromatic nitrogens is 2. The Morgan fingerprint density at radius 3 is 2.52 bits per heavy atom. The molecule has 1 heterocycles. The van der Waals surface area contributed by atoms with Crippen LogP contribution < -0.4 is 5.32 Å². The molecule has 1 amide bonds. The third kappa shape index (κ3) is 4.47. The van der Waals surface area contributed by atoms with Crippen molar-refractivity contribution in [2.45, 2.75) is 45.5 Å². The van der Waals surface area contributed by atoms with Gasteiger partial charge in [0.25, 0.3) is 5.91 Å². The number of hydrogen-bond donors (Lipinski definition) is 2. The molecule has 6 nitrogen and oxygen atoms in total. The summed E-state index contributed by atoms with van der Waals surface area (Å²) in [6.07, 6.45) is -1.28. The Balaban J connectivity index is 2.41. The molecule has 0 saturated carbocycles. The minimum absolute atomic E-state index is 0.0176. The number of amides is 1. The lowest BCUT2D eigenvalue weighted by Gasteiger charge is -2.15. The van der Waals surface area contributed by atoms with Gasteiger partial charge in [-0.3, -0.25) is 4.79 Å². The van der Waals surface area contributed by atoms with Gasteiger partial charge in [-0.2, -0.15) is 13.2 Å². The van der Waals surface area contributed by atoms with Crippen LogP contribution in [0.15, 0.2) is 30.4 Å². The molecule has 0 aliphatic carbocycles. The molecule has 0 fully saturated rings. The Kier molecular flexibility index (Phi) is 5.92. The van der Waals surface area contributed by atoms with E-state index in [-0.39, 0.29) is 23.0 Å². The third-order valence-corrected chi connectivity index (χ3v) is 3.93. The van der Waals surface area contributed by atoms with Gasteiger partial charge in [-0.1, -0.05) is 12.2 Å². The highest BCUT2D eigenvalue weighted by Gasteiger charge is 2.38. The maximum absolute atomic E-state index is 13.3. The Morgan fingerprint density at radius 2 is 2.00 bits per heavy atom. The first-order chi connectivity index (χ1) is 12.6. The normalized spacial score (nSPS) is 13.4. The van der Waals surface area contributed by atoms with E-state index in [9.17, 15) is 22.8 Å². The van der Waals surface area contributed by atoms with Crippen LogP contribution in [-0.4, -0.2) is 32.6 Å². The Morgan fingerprint density at radius 1 is 1.33 bits per heavy atom. The number of carbonyl (C=O) groups is 2. The largest absolute Gasteiger partial charge is 0.480 e. The van der Waals surface area contributed by atoms with E-state index in [4.69, 9.17) is 5.11 Å². The summed E-state index contributed by atoms with van der Waals surface area (Å²) in [5, 5.41) is 11.5. The van der Waals surface area contributed by atoms with Crippen molar-refractivity contribution in [2.75, 3.05) is 0 Å². The van der Waals surface area contributed by atoms with Gasteiger partial charge in [-0.25, -0.2) is 9.78 Å². The zero-order valence-corrected chi connectivity index (χ0v) is 15.0. The molecule has 1 unspecified atom stereocenters. The van der Waals surface area contributed by atoms with Crippen LogP contribution in [0, 0.1) is 0 Å². The molecule has 0 radical (unpaired) electrons. The fourth-order valence-corrected chi connectivity index (χ4v) is 2.70. The molecule has 0 saturated heterocycles. The van der Waals surface area contributed by atoms with Gasteiger partial charge in [-0.15, -0.1) is 0 Å². The van der Waals surface area contributed by atoms with Gasteiger partial charge in [0.1, 0.15) is 6.04 Å². The van der Waals surface area contributed by atoms with Crippen LogP contribution in [0.1, 0.15) is 49.4 Å². The number of halogens is 3. The van der Waals surface area contributed by atoms with Crippen molar-refractivity contribution in [1.82, 2.24) is 14.9 Å². The van der Waals surface area contributed by atoms with Crippen LogP contribution in [0.25, 0.3) is 11.0 Å². The van der Waals surface area contributed by atoms with E-state index in [1.54, 1.807) is 32.9 Å². The summed E-state index contributed by atoms with van der Waals surface area (Å²) < 4.78 is 40.8. The van der Waals surface area contributed by atoms with Crippen LogP contribution in [-0.2, 0) is 11.0 Å². The standard InChI is InChI=1S/C18H20F3N3O3/c1-4-5-6-12(16(26)27)22-15(25)11-7-8-14-13(9-11)23-17(18(19,20)21)24(14)10(2)3/h4-5,7-10,12H,6H2,1-3H3,(H,22,25)(H,26,27)/b5-4+. The number of rotatable bonds is 6. The number of carboxylic acid groups (broad SMARTS) is 1. The van der Waals surface area contributed by atoms with Gasteiger partial charge in [0.05, 0.1) is 11.0 Å². The van der Waals surface area contributed by atoms with Crippen LogP contribution in [0.4, 0.5) is 13.2 Å². The number of aliphatic carboxylic acids is 1. The van der Waals surface area contributed by atoms with Crippen LogP contribution in [0.2, 0.25) is 0 Å². The van der Waals surface area contributed by atoms with Crippen molar-refractivity contribution in [1.29, 1.82) is 0 Å². The number of nitrogens with one attached hydrogen (secondary N) is 1. The fourth-order valence-electron chi connectivity index (χ4n) is 2.70.